The van der Waals surface area contributed by atoms with Gasteiger partial charge >= 0.3 is 0 Å². The molecular weight excluding hydrogens is 380 g/mol. The summed E-state index contributed by atoms with van der Waals surface area (Å²) in [6, 6.07) is 16.5. The molecule has 1 atom stereocenters. The van der Waals surface area contributed by atoms with Gasteiger partial charge in [0.2, 0.25) is 0 Å². The largest absolute Gasteiger partial charge is 0.353 e. The van der Waals surface area contributed by atoms with Crippen LogP contribution in [0.2, 0.25) is 0 Å². The van der Waals surface area contributed by atoms with Gasteiger partial charge in [-0.1, -0.05) is 36.0 Å². The highest BCUT2D eigenvalue weighted by Gasteiger charge is 2.33. The van der Waals surface area contributed by atoms with Crippen LogP contribution in [-0.4, -0.2) is 10.9 Å². The summed E-state index contributed by atoms with van der Waals surface area (Å²) < 4.78 is 0. The monoisotopic (exact) mass is 398 g/mol. The van der Waals surface area contributed by atoms with E-state index in [1.54, 1.807) is 41.8 Å². The Labute approximate surface area is 166 Å². The average molecular weight is 399 g/mol. The van der Waals surface area contributed by atoms with Gasteiger partial charge in [-0.05, 0) is 37.4 Å². The molecule has 0 saturated heterocycles. The van der Waals surface area contributed by atoms with E-state index in [0.717, 1.165) is 20.7 Å². The van der Waals surface area contributed by atoms with Crippen molar-refractivity contribution in [3.8, 4) is 6.07 Å². The van der Waals surface area contributed by atoms with E-state index < -0.39 is 0 Å². The van der Waals surface area contributed by atoms with Gasteiger partial charge in [0.25, 0.3) is 0 Å². The lowest BCUT2D eigenvalue weighted by atomic mass is 9.85. The Balaban J connectivity index is 1.87. The summed E-state index contributed by atoms with van der Waals surface area (Å²) in [7, 11) is 0. The maximum absolute atomic E-state index is 12.2. The van der Waals surface area contributed by atoms with Gasteiger partial charge in [0, 0.05) is 21.0 Å². The minimum Gasteiger partial charge on any atom is -0.353 e. The van der Waals surface area contributed by atoms with Gasteiger partial charge in [-0.25, -0.2) is 0 Å². The zero-order chi connectivity index (χ0) is 18.5. The summed E-state index contributed by atoms with van der Waals surface area (Å²) in [4.78, 5) is 14.5. The van der Waals surface area contributed by atoms with Crippen molar-refractivity contribution >= 4 is 40.6 Å². The Morgan fingerprint density at radius 3 is 2.62 bits per heavy atom. The fourth-order valence-electron chi connectivity index (χ4n) is 2.91. The van der Waals surface area contributed by atoms with E-state index in [4.69, 9.17) is 0 Å². The topological polar surface area (TPSA) is 52.9 Å². The highest BCUT2D eigenvalue weighted by atomic mass is 32.2. The maximum atomic E-state index is 12.2. The molecule has 1 aliphatic rings. The number of allylic oxidation sites excluding steroid dienone is 3. The molecule has 0 spiro atoms. The minimum atomic E-state index is -0.275. The number of thiophene rings is 1. The van der Waals surface area contributed by atoms with E-state index in [0.29, 0.717) is 11.1 Å². The molecule has 1 aliphatic heterocycles. The number of hydrogen-bond acceptors (Lipinski definition) is 6. The lowest BCUT2D eigenvalue weighted by molar-refractivity contribution is -0.113. The van der Waals surface area contributed by atoms with Gasteiger partial charge in [0.1, 0.15) is 0 Å². The number of carbonyl (C=O) groups is 1. The van der Waals surface area contributed by atoms with Crippen LogP contribution in [0.5, 0.6) is 0 Å². The van der Waals surface area contributed by atoms with E-state index in [-0.39, 0.29) is 11.7 Å². The summed E-state index contributed by atoms with van der Waals surface area (Å²) in [5, 5.41) is 16.7. The highest BCUT2D eigenvalue weighted by molar-refractivity contribution is 8.17. The molecule has 26 heavy (non-hydrogen) atoms. The van der Waals surface area contributed by atoms with Crippen LogP contribution in [0.25, 0.3) is 0 Å². The van der Waals surface area contributed by atoms with Crippen LogP contribution >= 0.6 is 34.9 Å². The normalized spacial score (nSPS) is 17.0. The number of benzene rings is 1. The SMILES string of the molecule is CC(=O)C1=C(C)NC(SCSc2ccccc2)=C(C#N)C1c1cccs1. The number of nitrogens with zero attached hydrogens (tertiary/aromatic N) is 1. The van der Waals surface area contributed by atoms with Crippen molar-refractivity contribution in [3.63, 3.8) is 0 Å². The Bertz CT molecular complexity index is 893. The Hall–Kier alpha value is -1.94. The van der Waals surface area contributed by atoms with Crippen molar-refractivity contribution < 1.29 is 4.79 Å². The third-order valence-electron chi connectivity index (χ3n) is 4.03. The third-order valence-corrected chi connectivity index (χ3v) is 7.12. The number of hydrogen-bond donors (Lipinski definition) is 1. The van der Waals surface area contributed by atoms with Crippen LogP contribution in [0.15, 0.2) is 74.6 Å². The Morgan fingerprint density at radius 2 is 2.00 bits per heavy atom. The molecule has 3 rings (SSSR count). The van der Waals surface area contributed by atoms with E-state index >= 15 is 0 Å². The molecule has 1 aromatic carbocycles. The standard InChI is InChI=1S/C20H18N2OS3/c1-13-18(14(2)23)19(17-9-6-10-24-17)16(11-21)20(22-13)26-12-25-15-7-4-3-5-8-15/h3-10,19,22H,12H2,1-2H3. The Morgan fingerprint density at radius 1 is 1.23 bits per heavy atom. The van der Waals surface area contributed by atoms with Gasteiger partial charge in [-0.3, -0.25) is 4.79 Å². The quantitative estimate of drug-likeness (QED) is 0.513. The zero-order valence-corrected chi connectivity index (χ0v) is 16.9. The molecule has 0 aliphatic carbocycles. The molecule has 2 heterocycles. The van der Waals surface area contributed by atoms with E-state index in [1.165, 1.54) is 4.90 Å². The minimum absolute atomic E-state index is 0.00357. The maximum Gasteiger partial charge on any atom is 0.158 e. The van der Waals surface area contributed by atoms with Gasteiger partial charge in [-0.2, -0.15) is 5.26 Å². The second-order valence-corrected chi connectivity index (χ2v) is 9.12. The predicted molar refractivity (Wildman–Crippen MR) is 111 cm³/mol. The van der Waals surface area contributed by atoms with Crippen LogP contribution in [0.4, 0.5) is 0 Å². The van der Waals surface area contributed by atoms with E-state index in [2.05, 4.69) is 23.5 Å². The summed E-state index contributed by atoms with van der Waals surface area (Å²) in [6.07, 6.45) is 0. The predicted octanol–water partition coefficient (Wildman–Crippen LogP) is 5.52. The molecule has 2 aromatic rings. The molecule has 1 N–H and O–H groups in total. The van der Waals surface area contributed by atoms with Gasteiger partial charge in [0.15, 0.2) is 5.78 Å². The summed E-state index contributed by atoms with van der Waals surface area (Å²) in [5.74, 6) is -0.271. The fraction of sp³-hybridized carbons (Fsp3) is 0.200. The first kappa shape index (κ1) is 18.8. The number of nitriles is 1. The molecule has 0 amide bonds. The molecule has 1 aromatic heterocycles. The average Bonchev–Trinajstić information content (AvgIpc) is 3.16. The van der Waals surface area contributed by atoms with Crippen LogP contribution in [0.3, 0.4) is 0 Å². The van der Waals surface area contributed by atoms with Crippen LogP contribution in [-0.2, 0) is 4.79 Å². The highest BCUT2D eigenvalue weighted by Crippen LogP contribution is 2.43. The van der Waals surface area contributed by atoms with E-state index in [1.807, 2.05) is 42.6 Å². The lowest BCUT2D eigenvalue weighted by Gasteiger charge is -2.28. The van der Waals surface area contributed by atoms with Gasteiger partial charge in [0.05, 0.1) is 27.7 Å². The number of carbonyl (C=O) groups excluding carboxylic acids is 1. The van der Waals surface area contributed by atoms with Gasteiger partial charge < -0.3 is 5.32 Å². The van der Waals surface area contributed by atoms with Crippen molar-refractivity contribution in [2.24, 2.45) is 0 Å². The first-order valence-electron chi connectivity index (χ1n) is 8.09. The van der Waals surface area contributed by atoms with E-state index in [9.17, 15) is 10.1 Å². The molecule has 0 saturated carbocycles. The van der Waals surface area contributed by atoms with Crippen molar-refractivity contribution in [2.45, 2.75) is 24.7 Å². The number of nitrogens with one attached hydrogen (secondary N) is 1. The molecule has 132 valence electrons. The second-order valence-electron chi connectivity index (χ2n) is 5.74. The molecule has 3 nitrogen and oxygen atoms in total. The van der Waals surface area contributed by atoms with Crippen molar-refractivity contribution in [1.29, 1.82) is 5.26 Å². The summed E-state index contributed by atoms with van der Waals surface area (Å²) in [5.41, 5.74) is 2.15. The van der Waals surface area contributed by atoms with Crippen molar-refractivity contribution in [2.75, 3.05) is 5.08 Å². The summed E-state index contributed by atoms with van der Waals surface area (Å²) >= 11 is 4.92. The van der Waals surface area contributed by atoms with Gasteiger partial charge in [-0.15, -0.1) is 23.1 Å². The molecule has 0 bridgehead atoms. The first-order valence-corrected chi connectivity index (χ1v) is 10.9. The van der Waals surface area contributed by atoms with Crippen molar-refractivity contribution in [3.05, 3.63) is 74.6 Å². The van der Waals surface area contributed by atoms with Crippen LogP contribution < -0.4 is 5.32 Å². The number of ketones is 1. The lowest BCUT2D eigenvalue weighted by Crippen LogP contribution is -2.26. The number of rotatable bonds is 6. The van der Waals surface area contributed by atoms with Crippen LogP contribution in [0, 0.1) is 11.3 Å². The fourth-order valence-corrected chi connectivity index (χ4v) is 5.90. The summed E-state index contributed by atoms with van der Waals surface area (Å²) in [6.45, 7) is 3.48. The number of dihydropyridines is 1. The molecule has 6 heteroatoms. The molecule has 1 unspecified atom stereocenters. The number of thioether (sulfide) groups is 2. The Kier molecular flexibility index (Phi) is 6.25. The molecule has 0 fully saturated rings. The first-order chi connectivity index (χ1) is 12.6. The second kappa shape index (κ2) is 8.63. The number of Topliss-reactive ketones (excluding diaryl/α,β-unsaturated/α-hetero) is 1. The molecular formula is C20H18N2OS3. The molecule has 0 radical (unpaired) electrons. The smallest absolute Gasteiger partial charge is 0.158 e. The third kappa shape index (κ3) is 4.07. The van der Waals surface area contributed by atoms with Crippen molar-refractivity contribution in [1.82, 2.24) is 5.32 Å². The van der Waals surface area contributed by atoms with Crippen LogP contribution in [0.1, 0.15) is 24.6 Å². The zero-order valence-electron chi connectivity index (χ0n) is 14.5.